The third-order valence-corrected chi connectivity index (χ3v) is 7.30. The third kappa shape index (κ3) is 9.06. The molecule has 1 heterocycles. The van der Waals surface area contributed by atoms with Crippen LogP contribution < -0.4 is 10.6 Å². The number of ether oxygens (including phenoxy) is 1. The smallest absolute Gasteiger partial charge is 0.318 e. The molecule has 1 saturated heterocycles. The zero-order chi connectivity index (χ0) is 27.7. The minimum Gasteiger partial charge on any atom is -0.379 e. The first-order chi connectivity index (χ1) is 18.8. The fourth-order valence-electron chi connectivity index (χ4n) is 5.11. The van der Waals surface area contributed by atoms with Crippen molar-refractivity contribution in [1.82, 2.24) is 20.4 Å². The average Bonchev–Trinajstić information content (AvgIpc) is 2.93. The predicted molar refractivity (Wildman–Crippen MR) is 161 cm³/mol. The number of hydrogen-bond donors (Lipinski definition) is 2. The molecule has 3 aromatic carbocycles. The van der Waals surface area contributed by atoms with Crippen LogP contribution in [0.5, 0.6) is 0 Å². The van der Waals surface area contributed by atoms with Crippen molar-refractivity contribution in [2.75, 3.05) is 45.9 Å². The van der Waals surface area contributed by atoms with E-state index in [-0.39, 0.29) is 17.5 Å². The third-order valence-electron chi connectivity index (χ3n) is 7.30. The summed E-state index contributed by atoms with van der Waals surface area (Å²) in [7, 11) is 0. The molecule has 6 heteroatoms. The number of carbonyl (C=O) groups is 1. The van der Waals surface area contributed by atoms with Gasteiger partial charge in [-0.1, -0.05) is 87.5 Å². The highest BCUT2D eigenvalue weighted by atomic mass is 16.5. The fourth-order valence-corrected chi connectivity index (χ4v) is 5.11. The Hall–Kier alpha value is -2.93. The summed E-state index contributed by atoms with van der Waals surface area (Å²) in [5, 5.41) is 9.21. The number of morpholine rings is 1. The molecule has 2 amide bonds. The molecule has 39 heavy (non-hydrogen) atoms. The van der Waals surface area contributed by atoms with Crippen LogP contribution in [-0.4, -0.2) is 61.8 Å². The number of rotatable bonds is 11. The maximum absolute atomic E-state index is 13.6. The van der Waals surface area contributed by atoms with Gasteiger partial charge in [0.05, 0.1) is 19.3 Å². The van der Waals surface area contributed by atoms with Gasteiger partial charge < -0.3 is 20.3 Å². The molecule has 1 unspecified atom stereocenters. The van der Waals surface area contributed by atoms with Gasteiger partial charge in [0.1, 0.15) is 0 Å². The first-order valence-corrected chi connectivity index (χ1v) is 14.4. The van der Waals surface area contributed by atoms with Crippen molar-refractivity contribution in [3.8, 4) is 0 Å². The zero-order valence-electron chi connectivity index (χ0n) is 24.2. The zero-order valence-corrected chi connectivity index (χ0v) is 24.2. The number of urea groups is 1. The summed E-state index contributed by atoms with van der Waals surface area (Å²) < 4.78 is 5.49. The quantitative estimate of drug-likeness (QED) is 0.321. The minimum absolute atomic E-state index is 0.0201. The van der Waals surface area contributed by atoms with Gasteiger partial charge in [0.15, 0.2) is 0 Å². The van der Waals surface area contributed by atoms with E-state index in [1.165, 1.54) is 16.3 Å². The normalized spacial score (nSPS) is 15.3. The van der Waals surface area contributed by atoms with Gasteiger partial charge in [-0.2, -0.15) is 0 Å². The standard InChI is InChI=1S/C33H46N4O2/c1-26(30-12-7-10-29-9-5-6-11-31(29)30)35-32(38)37(18-8-17-36-19-21-39-22-20-36)24-28-15-13-27(14-16-28)23-34-25-33(2,3)4/h5-7,9-16,26,34H,8,17-25H2,1-4H3,(H,35,38). The van der Waals surface area contributed by atoms with Gasteiger partial charge in [-0.15, -0.1) is 0 Å². The molecule has 0 saturated carbocycles. The number of nitrogens with zero attached hydrogens (tertiary/aromatic N) is 2. The van der Waals surface area contributed by atoms with Crippen molar-refractivity contribution in [3.05, 3.63) is 83.4 Å². The van der Waals surface area contributed by atoms with E-state index in [1.54, 1.807) is 0 Å². The van der Waals surface area contributed by atoms with Crippen LogP contribution >= 0.6 is 0 Å². The molecule has 0 spiro atoms. The topological polar surface area (TPSA) is 56.8 Å². The van der Waals surface area contributed by atoms with Crippen LogP contribution in [0.4, 0.5) is 4.79 Å². The highest BCUT2D eigenvalue weighted by Crippen LogP contribution is 2.24. The molecule has 1 aliphatic rings. The predicted octanol–water partition coefficient (Wildman–Crippen LogP) is 5.97. The van der Waals surface area contributed by atoms with E-state index in [1.807, 2.05) is 4.90 Å². The summed E-state index contributed by atoms with van der Waals surface area (Å²) in [6, 6.07) is 23.2. The molecule has 0 bridgehead atoms. The van der Waals surface area contributed by atoms with Crippen LogP contribution in [0.25, 0.3) is 10.8 Å². The highest BCUT2D eigenvalue weighted by molar-refractivity contribution is 5.86. The van der Waals surface area contributed by atoms with Crippen molar-refractivity contribution in [2.45, 2.75) is 53.2 Å². The lowest BCUT2D eigenvalue weighted by molar-refractivity contribution is 0.0364. The fraction of sp³-hybridized carbons (Fsp3) is 0.485. The first kappa shape index (κ1) is 29.1. The summed E-state index contributed by atoms with van der Waals surface area (Å²) in [5.74, 6) is 0. The van der Waals surface area contributed by atoms with Crippen molar-refractivity contribution < 1.29 is 9.53 Å². The maximum atomic E-state index is 13.6. The Bertz CT molecular complexity index is 1180. The molecule has 2 N–H and O–H groups in total. The molecule has 1 fully saturated rings. The van der Waals surface area contributed by atoms with E-state index >= 15 is 0 Å². The minimum atomic E-state index is -0.0957. The van der Waals surface area contributed by atoms with E-state index in [0.29, 0.717) is 13.1 Å². The Morgan fingerprint density at radius 2 is 1.67 bits per heavy atom. The molecule has 0 aliphatic carbocycles. The molecule has 1 atom stereocenters. The van der Waals surface area contributed by atoms with Gasteiger partial charge in [0.2, 0.25) is 0 Å². The Morgan fingerprint density at radius 3 is 2.41 bits per heavy atom. The second-order valence-corrected chi connectivity index (χ2v) is 11.9. The van der Waals surface area contributed by atoms with Crippen LogP contribution in [0.3, 0.4) is 0 Å². The number of carbonyl (C=O) groups excluding carboxylic acids is 1. The van der Waals surface area contributed by atoms with E-state index < -0.39 is 0 Å². The largest absolute Gasteiger partial charge is 0.379 e. The van der Waals surface area contributed by atoms with E-state index in [4.69, 9.17) is 4.74 Å². The molecule has 6 nitrogen and oxygen atoms in total. The highest BCUT2D eigenvalue weighted by Gasteiger charge is 2.19. The van der Waals surface area contributed by atoms with Crippen molar-refractivity contribution in [2.24, 2.45) is 5.41 Å². The molecule has 1 aliphatic heterocycles. The monoisotopic (exact) mass is 530 g/mol. The lowest BCUT2D eigenvalue weighted by atomic mass is 9.97. The second-order valence-electron chi connectivity index (χ2n) is 11.9. The van der Waals surface area contributed by atoms with E-state index in [0.717, 1.165) is 63.5 Å². The van der Waals surface area contributed by atoms with E-state index in [2.05, 4.69) is 110 Å². The lowest BCUT2D eigenvalue weighted by Crippen LogP contribution is -2.43. The van der Waals surface area contributed by atoms with Gasteiger partial charge in [-0.3, -0.25) is 4.90 Å². The number of amides is 2. The summed E-state index contributed by atoms with van der Waals surface area (Å²) >= 11 is 0. The molecular weight excluding hydrogens is 484 g/mol. The average molecular weight is 531 g/mol. The summed E-state index contributed by atoms with van der Waals surface area (Å²) in [6.45, 7) is 16.4. The van der Waals surface area contributed by atoms with Gasteiger partial charge in [-0.25, -0.2) is 4.79 Å². The Morgan fingerprint density at radius 1 is 0.974 bits per heavy atom. The first-order valence-electron chi connectivity index (χ1n) is 14.4. The molecule has 4 rings (SSSR count). The van der Waals surface area contributed by atoms with Crippen LogP contribution in [-0.2, 0) is 17.8 Å². The van der Waals surface area contributed by atoms with Gasteiger partial charge >= 0.3 is 6.03 Å². The lowest BCUT2D eigenvalue weighted by Gasteiger charge is -2.29. The van der Waals surface area contributed by atoms with E-state index in [9.17, 15) is 4.79 Å². The van der Waals surface area contributed by atoms with Gasteiger partial charge in [0.25, 0.3) is 0 Å². The second kappa shape index (κ2) is 13.9. The maximum Gasteiger partial charge on any atom is 0.318 e. The van der Waals surface area contributed by atoms with Crippen LogP contribution in [0.15, 0.2) is 66.7 Å². The SMILES string of the molecule is CC(NC(=O)N(CCCN1CCOCC1)Cc1ccc(CNCC(C)(C)C)cc1)c1cccc2ccccc12. The van der Waals surface area contributed by atoms with Gasteiger partial charge in [-0.05, 0) is 46.2 Å². The van der Waals surface area contributed by atoms with Crippen LogP contribution in [0.1, 0.15) is 56.8 Å². The van der Waals surface area contributed by atoms with Crippen molar-refractivity contribution >= 4 is 16.8 Å². The molecular formula is C33H46N4O2. The molecule has 0 radical (unpaired) electrons. The molecule has 3 aromatic rings. The van der Waals surface area contributed by atoms with Gasteiger partial charge in [0, 0.05) is 45.8 Å². The molecule has 0 aromatic heterocycles. The summed E-state index contributed by atoms with van der Waals surface area (Å²) in [6.07, 6.45) is 0.935. The summed E-state index contributed by atoms with van der Waals surface area (Å²) in [4.78, 5) is 18.0. The van der Waals surface area contributed by atoms with Crippen LogP contribution in [0.2, 0.25) is 0 Å². The Balaban J connectivity index is 1.41. The number of hydrogen-bond acceptors (Lipinski definition) is 4. The van der Waals surface area contributed by atoms with Crippen LogP contribution in [0, 0.1) is 5.41 Å². The Kier molecular flexibility index (Phi) is 10.4. The number of nitrogens with one attached hydrogen (secondary N) is 2. The van der Waals surface area contributed by atoms with Crippen molar-refractivity contribution in [1.29, 1.82) is 0 Å². The van der Waals surface area contributed by atoms with Crippen molar-refractivity contribution in [3.63, 3.8) is 0 Å². The Labute approximate surface area is 234 Å². The number of benzene rings is 3. The number of fused-ring (bicyclic) bond motifs is 1. The summed E-state index contributed by atoms with van der Waals surface area (Å²) in [5.41, 5.74) is 3.81. The molecule has 210 valence electrons.